The lowest BCUT2D eigenvalue weighted by Gasteiger charge is -2.26. The number of aromatic nitrogens is 1. The van der Waals surface area contributed by atoms with Crippen molar-refractivity contribution >= 4 is 128 Å². The molecular weight excluding hydrogens is 1010 g/mol. The molecule has 0 atom stereocenters. The first-order valence-corrected chi connectivity index (χ1v) is 29.0. The van der Waals surface area contributed by atoms with Crippen LogP contribution >= 0.6 is 0 Å². The maximum Gasteiger partial charge on any atom is 0.0541 e. The zero-order valence-electron chi connectivity index (χ0n) is 46.1. The average molecular weight is 1070 g/mol. The van der Waals surface area contributed by atoms with Gasteiger partial charge in [0.1, 0.15) is 0 Å². The van der Waals surface area contributed by atoms with Crippen LogP contribution in [-0.2, 0) is 0 Å². The minimum Gasteiger partial charge on any atom is -0.311 e. The van der Waals surface area contributed by atoms with Gasteiger partial charge >= 0.3 is 0 Å². The van der Waals surface area contributed by atoms with Gasteiger partial charge < -0.3 is 9.47 Å². The molecule has 16 rings (SSSR count). The summed E-state index contributed by atoms with van der Waals surface area (Å²) >= 11 is 0. The quantitative estimate of drug-likeness (QED) is 0.0979. The van der Waals surface area contributed by atoms with Gasteiger partial charge in [0, 0.05) is 33.5 Å². The summed E-state index contributed by atoms with van der Waals surface area (Å²) in [5.41, 5.74) is 16.3. The van der Waals surface area contributed by atoms with Crippen LogP contribution in [0, 0.1) is 0 Å². The van der Waals surface area contributed by atoms with Crippen LogP contribution in [0.1, 0.15) is 22.3 Å². The van der Waals surface area contributed by atoms with Crippen molar-refractivity contribution in [3.05, 3.63) is 326 Å². The summed E-state index contributed by atoms with van der Waals surface area (Å²) in [7, 11) is 0. The Labute approximate surface area is 488 Å². The first-order chi connectivity index (χ1) is 41.6. The molecule has 16 aromatic rings. The highest BCUT2D eigenvalue weighted by Crippen LogP contribution is 2.48. The third-order valence-corrected chi connectivity index (χ3v) is 17.1. The molecule has 0 unspecified atom stereocenters. The lowest BCUT2D eigenvalue weighted by Crippen LogP contribution is -2.09. The first kappa shape index (κ1) is 48.8. The summed E-state index contributed by atoms with van der Waals surface area (Å²) in [6.07, 6.45) is 9.04. The number of benzene rings is 15. The molecule has 0 saturated carbocycles. The van der Waals surface area contributed by atoms with Crippen LogP contribution in [0.3, 0.4) is 0 Å². The Balaban J connectivity index is 0.858. The van der Waals surface area contributed by atoms with Crippen molar-refractivity contribution in [1.82, 2.24) is 4.57 Å². The maximum atomic E-state index is 2.45. The lowest BCUT2D eigenvalue weighted by atomic mass is 9.84. The van der Waals surface area contributed by atoms with Crippen LogP contribution in [0.5, 0.6) is 0 Å². The van der Waals surface area contributed by atoms with E-state index < -0.39 is 0 Å². The standard InChI is InChI=1S/C82H54N2/c1-3-27-67(28-4-1)83(68-29-5-2-6-30-68)69-43-39-61(40-44-69)81-75-51-63-19-7-9-21-65(63)53-77(75)82(78-54-66-22-10-8-20-64(66)52-76(78)81)62-41-45-70(46-42-62)84-79-47-35-55(33-37-59-25-15-23-57-17-11-13-31-71(57)59)49-73(79)74-50-56(36-48-80(74)84)34-38-60-26-16-24-58-18-12-14-32-72(58)60/h1-54H. The summed E-state index contributed by atoms with van der Waals surface area (Å²) in [6, 6.07) is 111. The Morgan fingerprint density at radius 3 is 1.02 bits per heavy atom. The van der Waals surface area contributed by atoms with Crippen LogP contribution in [0.25, 0.3) is 139 Å². The molecular formula is C82H54N2. The maximum absolute atomic E-state index is 2.45. The highest BCUT2D eigenvalue weighted by atomic mass is 15.1. The number of fused-ring (bicyclic) bond motifs is 9. The molecule has 1 aromatic heterocycles. The van der Waals surface area contributed by atoms with E-state index in [0.29, 0.717) is 0 Å². The smallest absolute Gasteiger partial charge is 0.0541 e. The van der Waals surface area contributed by atoms with Crippen molar-refractivity contribution in [2.24, 2.45) is 0 Å². The molecule has 2 heteroatoms. The zero-order chi connectivity index (χ0) is 55.5. The van der Waals surface area contributed by atoms with Gasteiger partial charge in [0.2, 0.25) is 0 Å². The molecule has 392 valence electrons. The van der Waals surface area contributed by atoms with E-state index in [1.165, 1.54) is 109 Å². The largest absolute Gasteiger partial charge is 0.311 e. The fourth-order valence-electron chi connectivity index (χ4n) is 13.1. The molecule has 0 aliphatic carbocycles. The molecule has 0 radical (unpaired) electrons. The molecule has 0 fully saturated rings. The SMILES string of the molecule is C(=Cc1cccc2ccccc12)c1ccc2c(c1)c1cc(C=Cc3cccc4ccccc34)ccc1n2-c1ccc(-c2c3cc4ccccc4cc3c(-c3ccc(N(c4ccccc4)c4ccccc4)cc3)c3cc4ccccc4cc23)cc1. The molecule has 0 aliphatic heterocycles. The third-order valence-electron chi connectivity index (χ3n) is 17.1. The van der Waals surface area contributed by atoms with E-state index in [1.54, 1.807) is 0 Å². The van der Waals surface area contributed by atoms with E-state index in [4.69, 9.17) is 0 Å². The summed E-state index contributed by atoms with van der Waals surface area (Å²) < 4.78 is 2.45. The van der Waals surface area contributed by atoms with Crippen LogP contribution < -0.4 is 4.90 Å². The molecule has 1 heterocycles. The van der Waals surface area contributed by atoms with Crippen LogP contribution in [-0.4, -0.2) is 4.57 Å². The van der Waals surface area contributed by atoms with Gasteiger partial charge in [-0.05, 0) is 206 Å². The Hall–Kier alpha value is -11.1. The van der Waals surface area contributed by atoms with E-state index in [-0.39, 0.29) is 0 Å². The van der Waals surface area contributed by atoms with Crippen molar-refractivity contribution in [2.45, 2.75) is 0 Å². The summed E-state index contributed by atoms with van der Waals surface area (Å²) in [4.78, 5) is 2.33. The van der Waals surface area contributed by atoms with Gasteiger partial charge in [-0.25, -0.2) is 0 Å². The fraction of sp³-hybridized carbons (Fsp3) is 0. The second-order valence-corrected chi connectivity index (χ2v) is 22.0. The van der Waals surface area contributed by atoms with Gasteiger partial charge in [0.25, 0.3) is 0 Å². The van der Waals surface area contributed by atoms with Gasteiger partial charge in [0.15, 0.2) is 0 Å². The molecule has 0 bridgehead atoms. The van der Waals surface area contributed by atoms with Gasteiger partial charge in [-0.2, -0.15) is 0 Å². The van der Waals surface area contributed by atoms with Crippen molar-refractivity contribution in [3.8, 4) is 27.9 Å². The van der Waals surface area contributed by atoms with Gasteiger partial charge in [-0.15, -0.1) is 0 Å². The van der Waals surface area contributed by atoms with Crippen molar-refractivity contribution in [2.75, 3.05) is 4.90 Å². The summed E-state index contributed by atoms with van der Waals surface area (Å²) in [5, 5.41) is 17.2. The Morgan fingerprint density at radius 2 is 0.595 bits per heavy atom. The molecule has 2 nitrogen and oxygen atoms in total. The van der Waals surface area contributed by atoms with Gasteiger partial charge in [0.05, 0.1) is 11.0 Å². The fourth-order valence-corrected chi connectivity index (χ4v) is 13.1. The number of hydrogen-bond acceptors (Lipinski definition) is 1. The molecule has 0 N–H and O–H groups in total. The van der Waals surface area contributed by atoms with E-state index >= 15 is 0 Å². The lowest BCUT2D eigenvalue weighted by molar-refractivity contribution is 1.18. The Bertz CT molecular complexity index is 4990. The second kappa shape index (κ2) is 20.5. The van der Waals surface area contributed by atoms with Gasteiger partial charge in [-0.3, -0.25) is 0 Å². The zero-order valence-corrected chi connectivity index (χ0v) is 46.1. The van der Waals surface area contributed by atoms with Crippen molar-refractivity contribution < 1.29 is 0 Å². The number of hydrogen-bond donors (Lipinski definition) is 0. The third kappa shape index (κ3) is 8.59. The Morgan fingerprint density at radius 1 is 0.238 bits per heavy atom. The Kier molecular flexibility index (Phi) is 11.9. The average Bonchev–Trinajstić information content (AvgIpc) is 1.88. The predicted octanol–water partition coefficient (Wildman–Crippen LogP) is 22.8. The molecule has 0 spiro atoms. The topological polar surface area (TPSA) is 8.17 Å². The van der Waals surface area contributed by atoms with E-state index in [0.717, 1.165) is 44.9 Å². The number of nitrogens with zero attached hydrogens (tertiary/aromatic N) is 2. The van der Waals surface area contributed by atoms with Gasteiger partial charge in [-0.1, -0.05) is 231 Å². The molecule has 0 amide bonds. The van der Waals surface area contributed by atoms with Crippen molar-refractivity contribution in [1.29, 1.82) is 0 Å². The van der Waals surface area contributed by atoms with Crippen LogP contribution in [0.4, 0.5) is 17.1 Å². The summed E-state index contributed by atoms with van der Waals surface area (Å²) in [5.74, 6) is 0. The minimum atomic E-state index is 1.10. The number of para-hydroxylation sites is 2. The normalized spacial score (nSPS) is 12.0. The molecule has 15 aromatic carbocycles. The monoisotopic (exact) mass is 1070 g/mol. The molecule has 84 heavy (non-hydrogen) atoms. The van der Waals surface area contributed by atoms with E-state index in [2.05, 4.69) is 337 Å². The van der Waals surface area contributed by atoms with Crippen LogP contribution in [0.2, 0.25) is 0 Å². The summed E-state index contributed by atoms with van der Waals surface area (Å²) in [6.45, 7) is 0. The highest BCUT2D eigenvalue weighted by molar-refractivity contribution is 6.25. The first-order valence-electron chi connectivity index (χ1n) is 29.0. The number of rotatable bonds is 10. The van der Waals surface area contributed by atoms with E-state index in [1.807, 2.05) is 0 Å². The predicted molar refractivity (Wildman–Crippen MR) is 362 cm³/mol. The highest BCUT2D eigenvalue weighted by Gasteiger charge is 2.21. The van der Waals surface area contributed by atoms with Crippen LogP contribution in [0.15, 0.2) is 303 Å². The molecule has 0 saturated heterocycles. The van der Waals surface area contributed by atoms with E-state index in [9.17, 15) is 0 Å². The molecule has 0 aliphatic rings. The number of anilines is 3. The second-order valence-electron chi connectivity index (χ2n) is 22.0. The van der Waals surface area contributed by atoms with Crippen molar-refractivity contribution in [3.63, 3.8) is 0 Å². The minimum absolute atomic E-state index is 1.10.